The molecule has 0 atom stereocenters. The van der Waals surface area contributed by atoms with Gasteiger partial charge in [0.15, 0.2) is 5.11 Å². The minimum absolute atomic E-state index is 0.0241. The second-order valence-corrected chi connectivity index (χ2v) is 6.99. The lowest BCUT2D eigenvalue weighted by molar-refractivity contribution is -0.122. The lowest BCUT2D eigenvalue weighted by atomic mass is 10.1. The second kappa shape index (κ2) is 7.50. The van der Waals surface area contributed by atoms with Gasteiger partial charge in [-0.15, -0.1) is 0 Å². The highest BCUT2D eigenvalue weighted by Crippen LogP contribution is 2.28. The van der Waals surface area contributed by atoms with E-state index in [1.165, 1.54) is 18.1 Å². The molecule has 1 aliphatic rings. The van der Waals surface area contributed by atoms with Crippen molar-refractivity contribution in [3.8, 4) is 5.75 Å². The van der Waals surface area contributed by atoms with Gasteiger partial charge < -0.3 is 4.74 Å². The molecule has 27 heavy (non-hydrogen) atoms. The molecular formula is C20H17ClN2O3S. The molecule has 0 unspecified atom stereocenters. The van der Waals surface area contributed by atoms with E-state index < -0.39 is 11.8 Å². The lowest BCUT2D eigenvalue weighted by Crippen LogP contribution is -2.54. The van der Waals surface area contributed by atoms with Crippen LogP contribution in [0, 0.1) is 13.8 Å². The van der Waals surface area contributed by atoms with Gasteiger partial charge in [0.2, 0.25) is 0 Å². The van der Waals surface area contributed by atoms with Crippen LogP contribution < -0.4 is 15.0 Å². The van der Waals surface area contributed by atoms with E-state index in [-0.39, 0.29) is 10.7 Å². The van der Waals surface area contributed by atoms with Crippen LogP contribution in [0.3, 0.4) is 0 Å². The van der Waals surface area contributed by atoms with Crippen LogP contribution in [0.5, 0.6) is 5.75 Å². The normalized spacial score (nSPS) is 15.9. The molecule has 0 bridgehead atoms. The molecule has 2 aromatic rings. The summed E-state index contributed by atoms with van der Waals surface area (Å²) in [5.74, 6) is -0.519. The van der Waals surface area contributed by atoms with Crippen LogP contribution in [0.25, 0.3) is 6.08 Å². The van der Waals surface area contributed by atoms with Crippen molar-refractivity contribution in [1.82, 2.24) is 5.32 Å². The van der Waals surface area contributed by atoms with Crippen LogP contribution in [-0.2, 0) is 9.59 Å². The van der Waals surface area contributed by atoms with Gasteiger partial charge in [0.1, 0.15) is 11.3 Å². The number of carbonyl (C=O) groups is 2. The number of nitrogens with one attached hydrogen (secondary N) is 1. The molecule has 1 N–H and O–H groups in total. The fourth-order valence-electron chi connectivity index (χ4n) is 2.91. The molecule has 1 fully saturated rings. The molecule has 1 saturated heterocycles. The van der Waals surface area contributed by atoms with E-state index >= 15 is 0 Å². The summed E-state index contributed by atoms with van der Waals surface area (Å²) in [5, 5.41) is 3.02. The molecule has 5 nitrogen and oxygen atoms in total. The number of amides is 2. The summed E-state index contributed by atoms with van der Waals surface area (Å²) in [6, 6.07) is 10.7. The van der Waals surface area contributed by atoms with Gasteiger partial charge in [-0.1, -0.05) is 23.7 Å². The summed E-state index contributed by atoms with van der Waals surface area (Å²) in [4.78, 5) is 26.7. The average Bonchev–Trinajstić information content (AvgIpc) is 2.57. The molecule has 7 heteroatoms. The van der Waals surface area contributed by atoms with Crippen LogP contribution in [0.4, 0.5) is 5.69 Å². The number of carbonyl (C=O) groups excluding carboxylic acids is 2. The Balaban J connectivity index is 2.03. The van der Waals surface area contributed by atoms with Gasteiger partial charge in [-0.3, -0.25) is 19.8 Å². The predicted octanol–water partition coefficient (Wildman–Crippen LogP) is 3.80. The quantitative estimate of drug-likeness (QED) is 0.483. The zero-order chi connectivity index (χ0) is 19.7. The largest absolute Gasteiger partial charge is 0.495 e. The molecule has 0 spiro atoms. The van der Waals surface area contributed by atoms with E-state index in [4.69, 9.17) is 28.6 Å². The topological polar surface area (TPSA) is 58.6 Å². The summed E-state index contributed by atoms with van der Waals surface area (Å²) in [6.45, 7) is 3.87. The number of anilines is 1. The number of rotatable bonds is 3. The van der Waals surface area contributed by atoms with Crippen molar-refractivity contribution in [3.05, 3.63) is 63.7 Å². The maximum atomic E-state index is 13.0. The fraction of sp³-hybridized carbons (Fsp3) is 0.150. The number of hydrogen-bond acceptors (Lipinski definition) is 4. The molecule has 3 rings (SSSR count). The summed E-state index contributed by atoms with van der Waals surface area (Å²) in [5.41, 5.74) is 3.17. The Morgan fingerprint density at radius 3 is 2.37 bits per heavy atom. The minimum atomic E-state index is -0.544. The molecule has 2 aromatic carbocycles. The van der Waals surface area contributed by atoms with Gasteiger partial charge in [0.25, 0.3) is 11.8 Å². The van der Waals surface area contributed by atoms with Gasteiger partial charge in [0.05, 0.1) is 17.8 Å². The molecule has 0 saturated carbocycles. The molecule has 0 radical (unpaired) electrons. The zero-order valence-electron chi connectivity index (χ0n) is 15.0. The predicted molar refractivity (Wildman–Crippen MR) is 110 cm³/mol. The number of aryl methyl sites for hydroxylation is 2. The Morgan fingerprint density at radius 1 is 1.11 bits per heavy atom. The van der Waals surface area contributed by atoms with Crippen LogP contribution >= 0.6 is 23.8 Å². The first kappa shape index (κ1) is 19.1. The van der Waals surface area contributed by atoms with Crippen molar-refractivity contribution < 1.29 is 14.3 Å². The molecule has 0 aliphatic carbocycles. The first-order valence-corrected chi connectivity index (χ1v) is 8.92. The standard InChI is InChI=1S/C20H17ClN2O3S/c1-11-6-12(2)8-14(7-11)23-19(25)15(18(24)22-20(23)27)9-13-4-5-17(26-3)16(21)10-13/h4-10H,1-3H3,(H,22,24,27)/b15-9+. The van der Waals surface area contributed by atoms with Gasteiger partial charge >= 0.3 is 0 Å². The maximum Gasteiger partial charge on any atom is 0.270 e. The van der Waals surface area contributed by atoms with Crippen molar-refractivity contribution in [2.24, 2.45) is 0 Å². The third kappa shape index (κ3) is 3.86. The first-order valence-electron chi connectivity index (χ1n) is 8.13. The van der Waals surface area contributed by atoms with Crippen molar-refractivity contribution in [3.63, 3.8) is 0 Å². The van der Waals surface area contributed by atoms with Crippen LogP contribution in [0.2, 0.25) is 5.02 Å². The number of ether oxygens (including phenoxy) is 1. The summed E-state index contributed by atoms with van der Waals surface area (Å²) in [7, 11) is 1.51. The lowest BCUT2D eigenvalue weighted by Gasteiger charge is -2.29. The SMILES string of the molecule is COc1ccc(/C=C2\C(=O)NC(=S)N(c3cc(C)cc(C)c3)C2=O)cc1Cl. The monoisotopic (exact) mass is 400 g/mol. The van der Waals surface area contributed by atoms with Crippen LogP contribution in [-0.4, -0.2) is 24.0 Å². The van der Waals surface area contributed by atoms with Crippen LogP contribution in [0.15, 0.2) is 42.0 Å². The Labute approximate surface area is 167 Å². The van der Waals surface area contributed by atoms with Crippen molar-refractivity contribution >= 4 is 52.5 Å². The highest BCUT2D eigenvalue weighted by Gasteiger charge is 2.34. The smallest absolute Gasteiger partial charge is 0.270 e. The van der Waals surface area contributed by atoms with Gasteiger partial charge in [-0.25, -0.2) is 0 Å². The number of methoxy groups -OCH3 is 1. The van der Waals surface area contributed by atoms with Gasteiger partial charge in [0, 0.05) is 0 Å². The number of halogens is 1. The van der Waals surface area contributed by atoms with Crippen molar-refractivity contribution in [2.45, 2.75) is 13.8 Å². The fourth-order valence-corrected chi connectivity index (χ4v) is 3.46. The summed E-state index contributed by atoms with van der Waals surface area (Å²) in [6.07, 6.45) is 1.49. The van der Waals surface area contributed by atoms with E-state index in [1.807, 2.05) is 32.0 Å². The highest BCUT2D eigenvalue weighted by molar-refractivity contribution is 7.80. The number of nitrogens with zero attached hydrogens (tertiary/aromatic N) is 1. The Bertz CT molecular complexity index is 980. The Morgan fingerprint density at radius 2 is 1.78 bits per heavy atom. The molecule has 2 amide bonds. The van der Waals surface area contributed by atoms with E-state index in [2.05, 4.69) is 5.32 Å². The van der Waals surface area contributed by atoms with Crippen LogP contribution in [0.1, 0.15) is 16.7 Å². The first-order chi connectivity index (χ1) is 12.8. The number of thiocarbonyl (C=S) groups is 1. The molecule has 1 heterocycles. The minimum Gasteiger partial charge on any atom is -0.495 e. The molecule has 0 aromatic heterocycles. The maximum absolute atomic E-state index is 13.0. The molecule has 138 valence electrons. The third-order valence-electron chi connectivity index (χ3n) is 4.05. The highest BCUT2D eigenvalue weighted by atomic mass is 35.5. The molecular weight excluding hydrogens is 384 g/mol. The second-order valence-electron chi connectivity index (χ2n) is 6.20. The average molecular weight is 401 g/mol. The Hall–Kier alpha value is -2.70. The summed E-state index contributed by atoms with van der Waals surface area (Å²) >= 11 is 11.4. The number of hydrogen-bond donors (Lipinski definition) is 1. The van der Waals surface area contributed by atoms with Crippen molar-refractivity contribution in [1.29, 1.82) is 0 Å². The van der Waals surface area contributed by atoms with E-state index in [9.17, 15) is 9.59 Å². The molecule has 1 aliphatic heterocycles. The Kier molecular flexibility index (Phi) is 5.30. The third-order valence-corrected chi connectivity index (χ3v) is 4.63. The number of benzene rings is 2. The van der Waals surface area contributed by atoms with Crippen molar-refractivity contribution in [2.75, 3.05) is 12.0 Å². The van der Waals surface area contributed by atoms with E-state index in [0.717, 1.165) is 11.1 Å². The zero-order valence-corrected chi connectivity index (χ0v) is 16.6. The van der Waals surface area contributed by atoms with E-state index in [1.54, 1.807) is 18.2 Å². The summed E-state index contributed by atoms with van der Waals surface area (Å²) < 4.78 is 5.12. The van der Waals surface area contributed by atoms with Gasteiger partial charge in [-0.05, 0) is 73.1 Å². The van der Waals surface area contributed by atoms with E-state index in [0.29, 0.717) is 22.0 Å². The van der Waals surface area contributed by atoms with Gasteiger partial charge in [-0.2, -0.15) is 0 Å².